The summed E-state index contributed by atoms with van der Waals surface area (Å²) in [7, 11) is 0. The highest BCUT2D eigenvalue weighted by Crippen LogP contribution is 2.23. The number of ether oxygens (including phenoxy) is 1. The van der Waals surface area contributed by atoms with E-state index in [1.807, 2.05) is 24.3 Å². The fourth-order valence-corrected chi connectivity index (χ4v) is 4.18. The summed E-state index contributed by atoms with van der Waals surface area (Å²) in [6.45, 7) is 8.47. The van der Waals surface area contributed by atoms with Crippen LogP contribution in [0.15, 0.2) is 48.5 Å². The topological polar surface area (TPSA) is 44.8 Å². The smallest absolute Gasteiger partial charge is 0.251 e. The molecule has 2 saturated heterocycles. The Bertz CT molecular complexity index is 798. The highest BCUT2D eigenvalue weighted by atomic mass is 16.5. The minimum absolute atomic E-state index is 0.0348. The van der Waals surface area contributed by atoms with Crippen LogP contribution < -0.4 is 15.1 Å². The molecule has 2 heterocycles. The van der Waals surface area contributed by atoms with Crippen LogP contribution in [-0.4, -0.2) is 45.3 Å². The van der Waals surface area contributed by atoms with Gasteiger partial charge in [0.2, 0.25) is 0 Å². The number of amides is 1. The van der Waals surface area contributed by atoms with Crippen molar-refractivity contribution < 1.29 is 9.53 Å². The number of anilines is 2. The van der Waals surface area contributed by atoms with Crippen LogP contribution in [0, 0.1) is 5.92 Å². The van der Waals surface area contributed by atoms with Crippen molar-refractivity contribution >= 4 is 17.3 Å². The second-order valence-electron chi connectivity index (χ2n) is 8.19. The maximum atomic E-state index is 12.5. The molecule has 0 saturated carbocycles. The molecule has 0 unspecified atom stereocenters. The summed E-state index contributed by atoms with van der Waals surface area (Å²) in [6.07, 6.45) is 2.59. The van der Waals surface area contributed by atoms with Crippen molar-refractivity contribution in [3.8, 4) is 0 Å². The highest BCUT2D eigenvalue weighted by Gasteiger charge is 2.16. The van der Waals surface area contributed by atoms with Crippen LogP contribution >= 0.6 is 0 Å². The van der Waals surface area contributed by atoms with Crippen LogP contribution in [0.2, 0.25) is 0 Å². The number of nitrogens with zero attached hydrogens (tertiary/aromatic N) is 2. The summed E-state index contributed by atoms with van der Waals surface area (Å²) < 4.78 is 5.40. The number of carbonyl (C=O) groups is 1. The molecule has 0 spiro atoms. The van der Waals surface area contributed by atoms with E-state index in [1.165, 1.54) is 18.5 Å². The summed E-state index contributed by atoms with van der Waals surface area (Å²) >= 11 is 0. The second-order valence-corrected chi connectivity index (χ2v) is 8.19. The van der Waals surface area contributed by atoms with Gasteiger partial charge in [0.05, 0.1) is 13.2 Å². The van der Waals surface area contributed by atoms with Crippen molar-refractivity contribution in [2.45, 2.75) is 26.3 Å². The van der Waals surface area contributed by atoms with E-state index in [0.717, 1.165) is 56.6 Å². The Morgan fingerprint density at radius 1 is 0.966 bits per heavy atom. The first-order chi connectivity index (χ1) is 14.2. The van der Waals surface area contributed by atoms with Gasteiger partial charge in [0.1, 0.15) is 0 Å². The Morgan fingerprint density at radius 2 is 1.62 bits per heavy atom. The lowest BCUT2D eigenvalue weighted by atomic mass is 9.99. The molecule has 1 amide bonds. The molecule has 0 aliphatic carbocycles. The van der Waals surface area contributed by atoms with Crippen molar-refractivity contribution in [3.63, 3.8) is 0 Å². The van der Waals surface area contributed by atoms with Gasteiger partial charge in [-0.2, -0.15) is 0 Å². The third-order valence-electron chi connectivity index (χ3n) is 5.92. The van der Waals surface area contributed by atoms with Crippen molar-refractivity contribution in [1.29, 1.82) is 0 Å². The van der Waals surface area contributed by atoms with Gasteiger partial charge >= 0.3 is 0 Å². The quantitative estimate of drug-likeness (QED) is 0.842. The van der Waals surface area contributed by atoms with Crippen molar-refractivity contribution in [2.75, 3.05) is 49.2 Å². The predicted octanol–water partition coefficient (Wildman–Crippen LogP) is 3.69. The summed E-state index contributed by atoms with van der Waals surface area (Å²) in [5, 5.41) is 3.03. The number of carbonyl (C=O) groups excluding carboxylic acids is 1. The zero-order chi connectivity index (χ0) is 20.1. The van der Waals surface area contributed by atoms with E-state index in [0.29, 0.717) is 12.1 Å². The van der Waals surface area contributed by atoms with E-state index in [4.69, 9.17) is 4.74 Å². The molecule has 2 aliphatic heterocycles. The first-order valence-electron chi connectivity index (χ1n) is 10.7. The molecule has 29 heavy (non-hydrogen) atoms. The summed E-state index contributed by atoms with van der Waals surface area (Å²) in [6, 6.07) is 16.4. The molecule has 2 aromatic rings. The summed E-state index contributed by atoms with van der Waals surface area (Å²) in [4.78, 5) is 17.3. The van der Waals surface area contributed by atoms with Gasteiger partial charge < -0.3 is 19.9 Å². The van der Waals surface area contributed by atoms with Crippen molar-refractivity contribution in [3.05, 3.63) is 59.7 Å². The molecule has 5 heteroatoms. The lowest BCUT2D eigenvalue weighted by molar-refractivity contribution is 0.0951. The number of morpholine rings is 1. The Hall–Kier alpha value is -2.53. The van der Waals surface area contributed by atoms with Gasteiger partial charge in [0.25, 0.3) is 5.91 Å². The molecule has 0 radical (unpaired) electrons. The van der Waals surface area contributed by atoms with Crippen molar-refractivity contribution in [1.82, 2.24) is 5.32 Å². The number of hydrogen-bond donors (Lipinski definition) is 1. The molecule has 1 atom stereocenters. The molecule has 154 valence electrons. The third-order valence-corrected chi connectivity index (χ3v) is 5.92. The fraction of sp³-hybridized carbons (Fsp3) is 0.458. The van der Waals surface area contributed by atoms with E-state index in [1.54, 1.807) is 0 Å². The third kappa shape index (κ3) is 5.10. The van der Waals surface area contributed by atoms with Crippen LogP contribution in [-0.2, 0) is 11.3 Å². The average Bonchev–Trinajstić information content (AvgIpc) is 2.78. The highest BCUT2D eigenvalue weighted by molar-refractivity contribution is 5.94. The summed E-state index contributed by atoms with van der Waals surface area (Å²) in [5.41, 5.74) is 4.25. The molecule has 1 N–H and O–H groups in total. The Kier molecular flexibility index (Phi) is 6.35. The van der Waals surface area contributed by atoms with E-state index in [-0.39, 0.29) is 5.91 Å². The zero-order valence-corrected chi connectivity index (χ0v) is 17.3. The molecule has 0 bridgehead atoms. The Labute approximate surface area is 173 Å². The van der Waals surface area contributed by atoms with Crippen LogP contribution in [0.3, 0.4) is 0 Å². The maximum absolute atomic E-state index is 12.5. The monoisotopic (exact) mass is 393 g/mol. The molecule has 2 fully saturated rings. The molecule has 4 rings (SSSR count). The lowest BCUT2D eigenvalue weighted by Gasteiger charge is -2.32. The first-order valence-corrected chi connectivity index (χ1v) is 10.7. The largest absolute Gasteiger partial charge is 0.378 e. The predicted molar refractivity (Wildman–Crippen MR) is 118 cm³/mol. The molecule has 2 aliphatic rings. The SMILES string of the molecule is C[C@H]1CCCN(c2ccc(CNC(=O)c3ccc(N4CCOCC4)cc3)cc2)C1. The van der Waals surface area contributed by atoms with Crippen LogP contribution in [0.25, 0.3) is 0 Å². The van der Waals surface area contributed by atoms with Crippen molar-refractivity contribution in [2.24, 2.45) is 5.92 Å². The van der Waals surface area contributed by atoms with Crippen LogP contribution in [0.5, 0.6) is 0 Å². The van der Waals surface area contributed by atoms with Gasteiger partial charge in [-0.25, -0.2) is 0 Å². The number of benzene rings is 2. The van der Waals surface area contributed by atoms with Gasteiger partial charge in [-0.1, -0.05) is 19.1 Å². The minimum atomic E-state index is -0.0348. The Balaban J connectivity index is 1.30. The number of hydrogen-bond acceptors (Lipinski definition) is 4. The van der Waals surface area contributed by atoms with Gasteiger partial charge in [-0.3, -0.25) is 4.79 Å². The molecular weight excluding hydrogens is 362 g/mol. The van der Waals surface area contributed by atoms with Gasteiger partial charge in [0, 0.05) is 49.7 Å². The number of rotatable bonds is 5. The zero-order valence-electron chi connectivity index (χ0n) is 17.3. The normalized spacial score (nSPS) is 19.8. The summed E-state index contributed by atoms with van der Waals surface area (Å²) in [5.74, 6) is 0.727. The van der Waals surface area contributed by atoms with Crippen LogP contribution in [0.1, 0.15) is 35.7 Å². The van der Waals surface area contributed by atoms with E-state index >= 15 is 0 Å². The second kappa shape index (κ2) is 9.31. The average molecular weight is 394 g/mol. The Morgan fingerprint density at radius 3 is 2.31 bits per heavy atom. The molecule has 2 aromatic carbocycles. The standard InChI is InChI=1S/C24H31N3O2/c1-19-3-2-12-27(18-19)23-8-4-20(5-9-23)17-25-24(28)21-6-10-22(11-7-21)26-13-15-29-16-14-26/h4-11,19H,2-3,12-18H2,1H3,(H,25,28)/t19-/m0/s1. The van der Waals surface area contributed by atoms with E-state index < -0.39 is 0 Å². The molecule has 5 nitrogen and oxygen atoms in total. The fourth-order valence-electron chi connectivity index (χ4n) is 4.18. The van der Waals surface area contributed by atoms with Gasteiger partial charge in [-0.15, -0.1) is 0 Å². The maximum Gasteiger partial charge on any atom is 0.251 e. The molecular formula is C24H31N3O2. The van der Waals surface area contributed by atoms with E-state index in [2.05, 4.69) is 46.3 Å². The van der Waals surface area contributed by atoms with Gasteiger partial charge in [0.15, 0.2) is 0 Å². The number of piperidine rings is 1. The molecule has 0 aromatic heterocycles. The van der Waals surface area contributed by atoms with Crippen LogP contribution in [0.4, 0.5) is 11.4 Å². The first kappa shape index (κ1) is 19.8. The minimum Gasteiger partial charge on any atom is -0.378 e. The lowest BCUT2D eigenvalue weighted by Crippen LogP contribution is -2.36. The number of nitrogens with one attached hydrogen (secondary N) is 1. The van der Waals surface area contributed by atoms with E-state index in [9.17, 15) is 4.79 Å². The van der Waals surface area contributed by atoms with Gasteiger partial charge in [-0.05, 0) is 60.7 Å².